The fraction of sp³-hybridized carbons (Fsp3) is 0.524. The van der Waals surface area contributed by atoms with Crippen molar-refractivity contribution in [3.05, 3.63) is 42.0 Å². The highest BCUT2D eigenvalue weighted by Gasteiger charge is 2.22. The number of aromatic nitrogens is 2. The molecule has 1 aromatic carbocycles. The average Bonchev–Trinajstić information content (AvgIpc) is 2.66. The summed E-state index contributed by atoms with van der Waals surface area (Å²) in [6, 6.07) is 8.24. The Bertz CT molecular complexity index is 699. The second kappa shape index (κ2) is 9.08. The largest absolute Gasteiger partial charge is 0.458 e. The Morgan fingerprint density at radius 1 is 1.12 bits per heavy atom. The van der Waals surface area contributed by atoms with Gasteiger partial charge in [0.15, 0.2) is 6.23 Å². The predicted molar refractivity (Wildman–Crippen MR) is 102 cm³/mol. The maximum atomic E-state index is 13.2. The van der Waals surface area contributed by atoms with Gasteiger partial charge in [0, 0.05) is 24.7 Å². The lowest BCUT2D eigenvalue weighted by Crippen LogP contribution is -2.42. The second-order valence-electron chi connectivity index (χ2n) is 6.96. The smallest absolute Gasteiger partial charge is 0.218 e. The zero-order valence-electron chi connectivity index (χ0n) is 15.7. The molecule has 1 aliphatic rings. The van der Waals surface area contributed by atoms with Crippen molar-refractivity contribution < 1.29 is 9.13 Å². The predicted octanol–water partition coefficient (Wildman–Crippen LogP) is 4.97. The Morgan fingerprint density at radius 3 is 2.54 bits per heavy atom. The molecule has 5 heteroatoms. The van der Waals surface area contributed by atoms with Crippen molar-refractivity contribution in [2.75, 3.05) is 13.1 Å². The van der Waals surface area contributed by atoms with Crippen molar-refractivity contribution in [3.63, 3.8) is 0 Å². The molecule has 26 heavy (non-hydrogen) atoms. The van der Waals surface area contributed by atoms with Crippen LogP contribution < -0.4 is 4.74 Å². The summed E-state index contributed by atoms with van der Waals surface area (Å²) < 4.78 is 19.5. The number of benzene rings is 1. The third kappa shape index (κ3) is 5.01. The maximum Gasteiger partial charge on any atom is 0.218 e. The molecular formula is C21H28FN3O. The minimum atomic E-state index is -0.249. The topological polar surface area (TPSA) is 38.3 Å². The van der Waals surface area contributed by atoms with E-state index in [1.807, 2.05) is 13.0 Å². The van der Waals surface area contributed by atoms with Gasteiger partial charge in [0.1, 0.15) is 11.6 Å². The van der Waals surface area contributed by atoms with Crippen LogP contribution >= 0.6 is 0 Å². The van der Waals surface area contributed by atoms with Gasteiger partial charge in [0.25, 0.3) is 0 Å². The van der Waals surface area contributed by atoms with Crippen LogP contribution in [0, 0.1) is 12.7 Å². The lowest BCUT2D eigenvalue weighted by atomic mass is 10.1. The quantitative estimate of drug-likeness (QED) is 0.701. The van der Waals surface area contributed by atoms with Crippen LogP contribution in [0.5, 0.6) is 5.88 Å². The molecule has 4 nitrogen and oxygen atoms in total. The van der Waals surface area contributed by atoms with E-state index in [0.29, 0.717) is 11.7 Å². The van der Waals surface area contributed by atoms with E-state index in [4.69, 9.17) is 4.74 Å². The summed E-state index contributed by atoms with van der Waals surface area (Å²) in [7, 11) is 0. The summed E-state index contributed by atoms with van der Waals surface area (Å²) in [5.74, 6) is 1.01. The molecule has 1 fully saturated rings. The van der Waals surface area contributed by atoms with Gasteiger partial charge < -0.3 is 4.74 Å². The van der Waals surface area contributed by atoms with E-state index in [1.165, 1.54) is 31.4 Å². The van der Waals surface area contributed by atoms with Crippen LogP contribution in [0.25, 0.3) is 11.3 Å². The summed E-state index contributed by atoms with van der Waals surface area (Å²) >= 11 is 0. The first-order valence-corrected chi connectivity index (χ1v) is 9.68. The van der Waals surface area contributed by atoms with Gasteiger partial charge in [-0.2, -0.15) is 4.98 Å². The molecule has 2 heterocycles. The monoisotopic (exact) mass is 357 g/mol. The molecule has 0 bridgehead atoms. The van der Waals surface area contributed by atoms with Gasteiger partial charge in [-0.15, -0.1) is 0 Å². The number of unbranched alkanes of at least 4 members (excludes halogenated alkanes) is 1. The van der Waals surface area contributed by atoms with E-state index in [9.17, 15) is 4.39 Å². The molecule has 140 valence electrons. The standard InChI is InChI=1S/C21H28FN3O/c1-3-4-8-21(25-13-6-5-7-14-25)26-20-15-19(23-16(2)24-20)17-9-11-18(22)12-10-17/h9-12,15,21H,3-8,13-14H2,1-2H3. The summed E-state index contributed by atoms with van der Waals surface area (Å²) in [5.41, 5.74) is 1.63. The zero-order chi connectivity index (χ0) is 18.4. The van der Waals surface area contributed by atoms with Crippen molar-refractivity contribution in [2.24, 2.45) is 0 Å². The number of halogens is 1. The molecule has 1 aromatic heterocycles. The first kappa shape index (κ1) is 18.8. The van der Waals surface area contributed by atoms with Crippen LogP contribution in [-0.2, 0) is 0 Å². The minimum Gasteiger partial charge on any atom is -0.458 e. The van der Waals surface area contributed by atoms with Crippen LogP contribution in [0.3, 0.4) is 0 Å². The van der Waals surface area contributed by atoms with Gasteiger partial charge >= 0.3 is 0 Å². The van der Waals surface area contributed by atoms with E-state index in [2.05, 4.69) is 21.8 Å². The van der Waals surface area contributed by atoms with E-state index >= 15 is 0 Å². The number of piperidine rings is 1. The van der Waals surface area contributed by atoms with E-state index in [-0.39, 0.29) is 12.0 Å². The number of ether oxygens (including phenoxy) is 1. The lowest BCUT2D eigenvalue weighted by molar-refractivity contribution is 0.00190. The summed E-state index contributed by atoms with van der Waals surface area (Å²) in [5, 5.41) is 0. The fourth-order valence-corrected chi connectivity index (χ4v) is 3.41. The summed E-state index contributed by atoms with van der Waals surface area (Å²) in [4.78, 5) is 11.4. The van der Waals surface area contributed by atoms with Crippen LogP contribution in [0.15, 0.2) is 30.3 Å². The minimum absolute atomic E-state index is 0.0608. The maximum absolute atomic E-state index is 13.2. The average molecular weight is 357 g/mol. The van der Waals surface area contributed by atoms with Gasteiger partial charge in [-0.05, 0) is 56.9 Å². The van der Waals surface area contributed by atoms with Gasteiger partial charge in [0.05, 0.1) is 5.69 Å². The molecule has 1 saturated heterocycles. The SMILES string of the molecule is CCCCC(Oc1cc(-c2ccc(F)cc2)nc(C)n1)N1CCCCC1. The molecule has 1 atom stereocenters. The normalized spacial score (nSPS) is 16.4. The third-order valence-electron chi connectivity index (χ3n) is 4.81. The number of likely N-dealkylation sites (tertiary alicyclic amines) is 1. The molecule has 0 amide bonds. The highest BCUT2D eigenvalue weighted by Crippen LogP contribution is 2.24. The summed E-state index contributed by atoms with van der Waals surface area (Å²) in [6.07, 6.45) is 7.12. The fourth-order valence-electron chi connectivity index (χ4n) is 3.41. The van der Waals surface area contributed by atoms with Crippen LogP contribution in [-0.4, -0.2) is 34.2 Å². The molecule has 1 aliphatic heterocycles. The van der Waals surface area contributed by atoms with Crippen molar-refractivity contribution in [3.8, 4) is 17.1 Å². The van der Waals surface area contributed by atoms with Gasteiger partial charge in [-0.3, -0.25) is 4.90 Å². The van der Waals surface area contributed by atoms with Crippen molar-refractivity contribution in [2.45, 2.75) is 58.6 Å². The summed E-state index contributed by atoms with van der Waals surface area (Å²) in [6.45, 7) is 6.24. The van der Waals surface area contributed by atoms with Crippen molar-refractivity contribution in [1.82, 2.24) is 14.9 Å². The first-order valence-electron chi connectivity index (χ1n) is 9.68. The van der Waals surface area contributed by atoms with Crippen LogP contribution in [0.1, 0.15) is 51.3 Å². The Morgan fingerprint density at radius 2 is 1.85 bits per heavy atom. The Balaban J connectivity index is 1.80. The van der Waals surface area contributed by atoms with Crippen LogP contribution in [0.4, 0.5) is 4.39 Å². The van der Waals surface area contributed by atoms with Gasteiger partial charge in [-0.1, -0.05) is 19.8 Å². The highest BCUT2D eigenvalue weighted by molar-refractivity contribution is 5.59. The molecule has 0 spiro atoms. The van der Waals surface area contributed by atoms with Crippen molar-refractivity contribution in [1.29, 1.82) is 0 Å². The van der Waals surface area contributed by atoms with Crippen molar-refractivity contribution >= 4 is 0 Å². The lowest BCUT2D eigenvalue weighted by Gasteiger charge is -2.34. The zero-order valence-corrected chi connectivity index (χ0v) is 15.7. The van der Waals surface area contributed by atoms with E-state index in [0.717, 1.165) is 43.6 Å². The molecule has 0 saturated carbocycles. The van der Waals surface area contributed by atoms with Gasteiger partial charge in [-0.25, -0.2) is 9.37 Å². The molecular weight excluding hydrogens is 329 g/mol. The van der Waals surface area contributed by atoms with E-state index in [1.54, 1.807) is 12.1 Å². The molecule has 0 radical (unpaired) electrons. The van der Waals surface area contributed by atoms with E-state index < -0.39 is 0 Å². The van der Waals surface area contributed by atoms with Gasteiger partial charge in [0.2, 0.25) is 5.88 Å². The Hall–Kier alpha value is -2.01. The molecule has 3 rings (SSSR count). The number of hydrogen-bond acceptors (Lipinski definition) is 4. The second-order valence-corrected chi connectivity index (χ2v) is 6.96. The Kier molecular flexibility index (Phi) is 6.56. The highest BCUT2D eigenvalue weighted by atomic mass is 19.1. The number of nitrogens with zero attached hydrogens (tertiary/aromatic N) is 3. The number of rotatable bonds is 7. The molecule has 2 aromatic rings. The number of aryl methyl sites for hydroxylation is 1. The molecule has 0 aliphatic carbocycles. The van der Waals surface area contributed by atoms with Crippen LogP contribution in [0.2, 0.25) is 0 Å². The first-order chi connectivity index (χ1) is 12.7. The Labute approximate surface area is 155 Å². The third-order valence-corrected chi connectivity index (χ3v) is 4.81. The number of hydrogen-bond donors (Lipinski definition) is 0. The molecule has 1 unspecified atom stereocenters. The molecule has 0 N–H and O–H groups in total.